The van der Waals surface area contributed by atoms with E-state index in [9.17, 15) is 0 Å². The molecule has 2 rings (SSSR count). The molecular weight excluding hydrogens is 268 g/mol. The quantitative estimate of drug-likeness (QED) is 0.846. The van der Waals surface area contributed by atoms with Crippen molar-refractivity contribution in [2.45, 2.75) is 32.7 Å². The molecule has 0 bridgehead atoms. The molecule has 0 saturated carbocycles. The Labute approximate surface area is 127 Å². The van der Waals surface area contributed by atoms with Gasteiger partial charge >= 0.3 is 0 Å². The number of hydrogen-bond donors (Lipinski definition) is 1. The molecule has 0 aliphatic carbocycles. The van der Waals surface area contributed by atoms with Crippen molar-refractivity contribution in [3.8, 4) is 5.75 Å². The second kappa shape index (κ2) is 7.04. The summed E-state index contributed by atoms with van der Waals surface area (Å²) in [6.07, 6.45) is 2.50. The highest BCUT2D eigenvalue weighted by molar-refractivity contribution is 7.80. The van der Waals surface area contributed by atoms with Crippen molar-refractivity contribution in [3.63, 3.8) is 0 Å². The van der Waals surface area contributed by atoms with Gasteiger partial charge in [0.15, 0.2) is 0 Å². The van der Waals surface area contributed by atoms with Crippen molar-refractivity contribution in [1.82, 2.24) is 4.90 Å². The predicted molar refractivity (Wildman–Crippen MR) is 87.1 cm³/mol. The number of nitrogens with two attached hydrogens (primary N) is 1. The summed E-state index contributed by atoms with van der Waals surface area (Å²) in [5, 5.41) is 0. The Morgan fingerprint density at radius 3 is 3.00 bits per heavy atom. The van der Waals surface area contributed by atoms with Gasteiger partial charge in [-0.1, -0.05) is 31.3 Å². The average Bonchev–Trinajstić information content (AvgIpc) is 2.39. The summed E-state index contributed by atoms with van der Waals surface area (Å²) < 4.78 is 5.58. The van der Waals surface area contributed by atoms with Gasteiger partial charge in [0, 0.05) is 6.54 Å². The van der Waals surface area contributed by atoms with Crippen LogP contribution in [-0.4, -0.2) is 29.6 Å². The largest absolute Gasteiger partial charge is 0.494 e. The van der Waals surface area contributed by atoms with Crippen LogP contribution in [0, 0.1) is 5.92 Å². The van der Waals surface area contributed by atoms with Gasteiger partial charge in [-0.25, -0.2) is 0 Å². The van der Waals surface area contributed by atoms with Crippen LogP contribution in [0.3, 0.4) is 0 Å². The highest BCUT2D eigenvalue weighted by Crippen LogP contribution is 2.29. The van der Waals surface area contributed by atoms with Gasteiger partial charge in [0.1, 0.15) is 5.75 Å². The van der Waals surface area contributed by atoms with Gasteiger partial charge in [-0.05, 0) is 49.9 Å². The molecule has 0 amide bonds. The van der Waals surface area contributed by atoms with Crippen LogP contribution in [0.25, 0.3) is 0 Å². The first kappa shape index (κ1) is 15.3. The van der Waals surface area contributed by atoms with E-state index in [0.717, 1.165) is 24.4 Å². The second-order valence-electron chi connectivity index (χ2n) is 5.55. The van der Waals surface area contributed by atoms with Crippen LogP contribution in [-0.2, 0) is 0 Å². The molecule has 3 nitrogen and oxygen atoms in total. The first-order chi connectivity index (χ1) is 9.61. The van der Waals surface area contributed by atoms with Gasteiger partial charge < -0.3 is 10.5 Å². The van der Waals surface area contributed by atoms with Gasteiger partial charge in [0.25, 0.3) is 0 Å². The third-order valence-corrected chi connectivity index (χ3v) is 4.03. The Hall–Kier alpha value is -1.13. The maximum absolute atomic E-state index is 6.02. The van der Waals surface area contributed by atoms with Crippen molar-refractivity contribution in [1.29, 1.82) is 0 Å². The van der Waals surface area contributed by atoms with Crippen LogP contribution in [0.2, 0.25) is 0 Å². The number of hydrogen-bond acceptors (Lipinski definition) is 3. The Balaban J connectivity index is 2.23. The van der Waals surface area contributed by atoms with Crippen LogP contribution in [0.1, 0.15) is 38.3 Å². The summed E-state index contributed by atoms with van der Waals surface area (Å²) in [6, 6.07) is 8.16. The smallest absolute Gasteiger partial charge is 0.119 e. The molecule has 1 aliphatic heterocycles. The molecule has 110 valence electrons. The first-order valence-electron chi connectivity index (χ1n) is 7.38. The van der Waals surface area contributed by atoms with E-state index in [4.69, 9.17) is 22.7 Å². The summed E-state index contributed by atoms with van der Waals surface area (Å²) in [5.41, 5.74) is 7.15. The molecule has 0 radical (unpaired) electrons. The Morgan fingerprint density at radius 1 is 1.55 bits per heavy atom. The highest BCUT2D eigenvalue weighted by Gasteiger charge is 2.27. The molecular formula is C16H24N2OS. The summed E-state index contributed by atoms with van der Waals surface area (Å²) in [6.45, 7) is 7.07. The fraction of sp³-hybridized carbons (Fsp3) is 0.562. The van der Waals surface area contributed by atoms with Crippen LogP contribution in [0.15, 0.2) is 24.3 Å². The lowest BCUT2D eigenvalue weighted by Crippen LogP contribution is -2.42. The topological polar surface area (TPSA) is 38.5 Å². The summed E-state index contributed by atoms with van der Waals surface area (Å²) in [4.78, 5) is 2.95. The molecule has 2 N–H and O–H groups in total. The Kier molecular flexibility index (Phi) is 5.38. The maximum atomic E-state index is 6.02. The summed E-state index contributed by atoms with van der Waals surface area (Å²) in [5.74, 6) is 1.59. The molecule has 4 heteroatoms. The number of thiocarbonyl (C=S) groups is 1. The normalized spacial score (nSPS) is 21.4. The van der Waals surface area contributed by atoms with Crippen molar-refractivity contribution in [3.05, 3.63) is 29.8 Å². The minimum Gasteiger partial charge on any atom is -0.494 e. The fourth-order valence-electron chi connectivity index (χ4n) is 2.96. The molecule has 2 unspecified atom stereocenters. The van der Waals surface area contributed by atoms with Gasteiger partial charge in [-0.15, -0.1) is 0 Å². The minimum atomic E-state index is 0.0214. The lowest BCUT2D eigenvalue weighted by atomic mass is 9.96. The van der Waals surface area contributed by atoms with E-state index in [1.165, 1.54) is 12.8 Å². The second-order valence-corrected chi connectivity index (χ2v) is 6.02. The standard InChI is InChI=1S/C16H24N2OS/c1-3-19-14-8-4-7-13(10-14)15(16(17)20)18-9-5-6-12(2)11-18/h4,7-8,10,12,15H,3,5-6,9,11H2,1-2H3,(H2,17,20). The zero-order chi connectivity index (χ0) is 14.5. The third kappa shape index (κ3) is 3.70. The first-order valence-corrected chi connectivity index (χ1v) is 7.78. The van der Waals surface area contributed by atoms with Crippen molar-refractivity contribution in [2.75, 3.05) is 19.7 Å². The van der Waals surface area contributed by atoms with Crippen LogP contribution < -0.4 is 10.5 Å². The zero-order valence-electron chi connectivity index (χ0n) is 12.3. The van der Waals surface area contributed by atoms with Crippen molar-refractivity contribution in [2.24, 2.45) is 11.7 Å². The highest BCUT2D eigenvalue weighted by atomic mass is 32.1. The number of likely N-dealkylation sites (tertiary alicyclic amines) is 1. The molecule has 2 atom stereocenters. The third-order valence-electron chi connectivity index (χ3n) is 3.81. The number of ether oxygens (including phenoxy) is 1. The van der Waals surface area contributed by atoms with E-state index in [1.54, 1.807) is 0 Å². The van der Waals surface area contributed by atoms with E-state index in [-0.39, 0.29) is 6.04 Å². The van der Waals surface area contributed by atoms with Gasteiger partial charge in [0.2, 0.25) is 0 Å². The molecule has 20 heavy (non-hydrogen) atoms. The average molecular weight is 292 g/mol. The monoisotopic (exact) mass is 292 g/mol. The molecule has 1 fully saturated rings. The molecule has 1 saturated heterocycles. The Bertz CT molecular complexity index is 464. The van der Waals surface area contributed by atoms with E-state index >= 15 is 0 Å². The molecule has 1 aromatic rings. The minimum absolute atomic E-state index is 0.0214. The molecule has 1 aliphatic rings. The lowest BCUT2D eigenvalue weighted by molar-refractivity contribution is 0.162. The zero-order valence-corrected chi connectivity index (χ0v) is 13.2. The van der Waals surface area contributed by atoms with Gasteiger partial charge in [-0.3, -0.25) is 4.90 Å². The van der Waals surface area contributed by atoms with E-state index in [0.29, 0.717) is 17.5 Å². The van der Waals surface area contributed by atoms with E-state index < -0.39 is 0 Å². The Morgan fingerprint density at radius 2 is 2.35 bits per heavy atom. The molecule has 1 aromatic carbocycles. The maximum Gasteiger partial charge on any atom is 0.119 e. The van der Waals surface area contributed by atoms with E-state index in [2.05, 4.69) is 24.0 Å². The van der Waals surface area contributed by atoms with Crippen LogP contribution in [0.5, 0.6) is 5.75 Å². The van der Waals surface area contributed by atoms with Gasteiger partial charge in [0.05, 0.1) is 17.6 Å². The number of piperidine rings is 1. The number of rotatable bonds is 5. The predicted octanol–water partition coefficient (Wildman–Crippen LogP) is 3.14. The molecule has 0 aromatic heterocycles. The van der Waals surface area contributed by atoms with Crippen LogP contribution in [0.4, 0.5) is 0 Å². The summed E-state index contributed by atoms with van der Waals surface area (Å²) in [7, 11) is 0. The number of benzene rings is 1. The SMILES string of the molecule is CCOc1cccc(C(C(N)=S)N2CCCC(C)C2)c1. The van der Waals surface area contributed by atoms with Crippen molar-refractivity contribution < 1.29 is 4.74 Å². The fourth-order valence-corrected chi connectivity index (χ4v) is 3.24. The van der Waals surface area contributed by atoms with E-state index in [1.807, 2.05) is 19.1 Å². The number of nitrogens with zero attached hydrogens (tertiary/aromatic N) is 1. The van der Waals surface area contributed by atoms with Crippen molar-refractivity contribution >= 4 is 17.2 Å². The molecule has 0 spiro atoms. The van der Waals surface area contributed by atoms with Gasteiger partial charge in [-0.2, -0.15) is 0 Å². The lowest BCUT2D eigenvalue weighted by Gasteiger charge is -2.37. The van der Waals surface area contributed by atoms with Crippen LogP contribution >= 0.6 is 12.2 Å². The molecule has 1 heterocycles. The summed E-state index contributed by atoms with van der Waals surface area (Å²) >= 11 is 5.32.